The fourth-order valence-electron chi connectivity index (χ4n) is 1.26. The Bertz CT molecular complexity index is 286. The number of benzene rings is 1. The number of ether oxygens (including phenoxy) is 1. The Morgan fingerprint density at radius 3 is 3.25 bits per heavy atom. The van der Waals surface area contributed by atoms with Gasteiger partial charge in [-0.15, -0.1) is 0 Å². The maximum absolute atomic E-state index is 9.18. The van der Waals surface area contributed by atoms with Gasteiger partial charge < -0.3 is 15.2 Å². The molecule has 0 radical (unpaired) electrons. The van der Waals surface area contributed by atoms with Crippen molar-refractivity contribution in [3.05, 3.63) is 18.2 Å². The van der Waals surface area contributed by atoms with Crippen molar-refractivity contribution in [2.45, 2.75) is 6.42 Å². The number of rotatable bonds is 0. The summed E-state index contributed by atoms with van der Waals surface area (Å²) in [6.07, 6.45) is 0.995. The van der Waals surface area contributed by atoms with E-state index in [1.165, 1.54) is 0 Å². The molecule has 0 spiro atoms. The molecule has 0 saturated heterocycles. The lowest BCUT2D eigenvalue weighted by molar-refractivity contribution is 0.322. The minimum absolute atomic E-state index is 0.270. The maximum Gasteiger partial charge on any atom is 0.142 e. The summed E-state index contributed by atoms with van der Waals surface area (Å²) >= 11 is 0. The third-order valence-corrected chi connectivity index (χ3v) is 1.86. The average Bonchev–Trinajstić information content (AvgIpc) is 2.28. The highest BCUT2D eigenvalue weighted by atomic mass is 16.5. The highest BCUT2D eigenvalue weighted by Crippen LogP contribution is 2.29. The van der Waals surface area contributed by atoms with Crippen molar-refractivity contribution in [2.75, 3.05) is 18.5 Å². The van der Waals surface area contributed by atoms with Gasteiger partial charge in [-0.3, -0.25) is 0 Å². The molecule has 0 bridgehead atoms. The van der Waals surface area contributed by atoms with Gasteiger partial charge >= 0.3 is 0 Å². The number of hydrogen-bond donors (Lipinski definition) is 2. The van der Waals surface area contributed by atoms with E-state index in [0.29, 0.717) is 0 Å². The van der Waals surface area contributed by atoms with E-state index in [1.54, 1.807) is 18.2 Å². The molecular weight excluding hydrogens is 154 g/mol. The molecule has 0 amide bonds. The number of nitrogens with one attached hydrogen (secondary N) is 1. The van der Waals surface area contributed by atoms with Crippen molar-refractivity contribution in [1.29, 1.82) is 0 Å². The summed E-state index contributed by atoms with van der Waals surface area (Å²) in [6.45, 7) is 1.64. The van der Waals surface area contributed by atoms with E-state index in [9.17, 15) is 5.11 Å². The minimum atomic E-state index is 0.270. The molecule has 1 aromatic carbocycles. The van der Waals surface area contributed by atoms with Gasteiger partial charge in [0, 0.05) is 12.6 Å². The van der Waals surface area contributed by atoms with Crippen molar-refractivity contribution < 1.29 is 9.84 Å². The highest BCUT2D eigenvalue weighted by Gasteiger charge is 2.07. The van der Waals surface area contributed by atoms with Crippen molar-refractivity contribution in [3.63, 3.8) is 0 Å². The Morgan fingerprint density at radius 1 is 1.42 bits per heavy atom. The van der Waals surface area contributed by atoms with E-state index in [2.05, 4.69) is 5.32 Å². The summed E-state index contributed by atoms with van der Waals surface area (Å²) in [5, 5.41) is 12.4. The van der Waals surface area contributed by atoms with Crippen LogP contribution in [-0.2, 0) is 0 Å². The van der Waals surface area contributed by atoms with Crippen LogP contribution in [0, 0.1) is 0 Å². The lowest BCUT2D eigenvalue weighted by Gasteiger charge is -2.06. The molecule has 0 aliphatic carbocycles. The van der Waals surface area contributed by atoms with Gasteiger partial charge in [0.1, 0.15) is 11.5 Å². The maximum atomic E-state index is 9.18. The van der Waals surface area contributed by atoms with E-state index >= 15 is 0 Å². The van der Waals surface area contributed by atoms with Crippen LogP contribution in [0.15, 0.2) is 18.2 Å². The van der Waals surface area contributed by atoms with Crippen molar-refractivity contribution >= 4 is 5.69 Å². The van der Waals surface area contributed by atoms with Crippen molar-refractivity contribution in [2.24, 2.45) is 0 Å². The Morgan fingerprint density at radius 2 is 2.33 bits per heavy atom. The predicted molar refractivity (Wildman–Crippen MR) is 46.7 cm³/mol. The summed E-state index contributed by atoms with van der Waals surface area (Å²) in [5.74, 6) is 1.09. The monoisotopic (exact) mass is 165 g/mol. The van der Waals surface area contributed by atoms with Crippen LogP contribution in [0.5, 0.6) is 11.5 Å². The SMILES string of the molecule is Oc1ccc2c(c1)NCCCO2. The number of phenols is 1. The van der Waals surface area contributed by atoms with Gasteiger partial charge in [-0.25, -0.2) is 0 Å². The molecule has 0 saturated carbocycles. The summed E-state index contributed by atoms with van der Waals surface area (Å²) < 4.78 is 5.43. The second kappa shape index (κ2) is 2.93. The topological polar surface area (TPSA) is 41.5 Å². The molecule has 2 N–H and O–H groups in total. The molecule has 0 fully saturated rings. The molecule has 1 aliphatic rings. The molecule has 64 valence electrons. The van der Waals surface area contributed by atoms with Crippen LogP contribution >= 0.6 is 0 Å². The molecule has 12 heavy (non-hydrogen) atoms. The molecule has 1 aromatic rings. The fourth-order valence-corrected chi connectivity index (χ4v) is 1.26. The molecule has 3 heteroatoms. The van der Waals surface area contributed by atoms with E-state index in [1.807, 2.05) is 0 Å². The second-order valence-corrected chi connectivity index (χ2v) is 2.81. The molecular formula is C9H11NO2. The normalized spacial score (nSPS) is 15.3. The number of anilines is 1. The van der Waals surface area contributed by atoms with Crippen molar-refractivity contribution in [3.8, 4) is 11.5 Å². The third kappa shape index (κ3) is 1.30. The Kier molecular flexibility index (Phi) is 1.78. The van der Waals surface area contributed by atoms with Crippen LogP contribution in [0.25, 0.3) is 0 Å². The van der Waals surface area contributed by atoms with Crippen molar-refractivity contribution in [1.82, 2.24) is 0 Å². The van der Waals surface area contributed by atoms with Gasteiger partial charge in [0.25, 0.3) is 0 Å². The first-order valence-electron chi connectivity index (χ1n) is 4.06. The zero-order chi connectivity index (χ0) is 8.39. The van der Waals surface area contributed by atoms with Crippen LogP contribution < -0.4 is 10.1 Å². The molecule has 1 aliphatic heterocycles. The lowest BCUT2D eigenvalue weighted by atomic mass is 10.3. The first-order chi connectivity index (χ1) is 5.86. The van der Waals surface area contributed by atoms with Crippen LogP contribution in [0.1, 0.15) is 6.42 Å². The molecule has 0 aromatic heterocycles. The van der Waals surface area contributed by atoms with Gasteiger partial charge in [0.05, 0.1) is 12.3 Å². The van der Waals surface area contributed by atoms with E-state index in [-0.39, 0.29) is 5.75 Å². The number of fused-ring (bicyclic) bond motifs is 1. The third-order valence-electron chi connectivity index (χ3n) is 1.86. The van der Waals surface area contributed by atoms with Gasteiger partial charge in [0.2, 0.25) is 0 Å². The zero-order valence-corrected chi connectivity index (χ0v) is 6.71. The van der Waals surface area contributed by atoms with Gasteiger partial charge in [-0.05, 0) is 18.6 Å². The van der Waals surface area contributed by atoms with Gasteiger partial charge in [-0.1, -0.05) is 0 Å². The Hall–Kier alpha value is -1.38. The van der Waals surface area contributed by atoms with E-state index in [4.69, 9.17) is 4.74 Å². The fraction of sp³-hybridized carbons (Fsp3) is 0.333. The first kappa shape index (κ1) is 7.28. The standard InChI is InChI=1S/C9H11NO2/c11-7-2-3-9-8(6-7)10-4-1-5-12-9/h2-3,6,10-11H,1,4-5H2. The first-order valence-corrected chi connectivity index (χ1v) is 4.06. The predicted octanol–water partition coefficient (Wildman–Crippen LogP) is 1.59. The number of aromatic hydroxyl groups is 1. The molecule has 0 atom stereocenters. The minimum Gasteiger partial charge on any atom is -0.508 e. The number of hydrogen-bond acceptors (Lipinski definition) is 3. The Balaban J connectivity index is 2.36. The van der Waals surface area contributed by atoms with Crippen LogP contribution in [0.3, 0.4) is 0 Å². The summed E-state index contributed by atoms with van der Waals surface area (Å²) in [4.78, 5) is 0. The largest absolute Gasteiger partial charge is 0.508 e. The molecule has 0 unspecified atom stereocenters. The van der Waals surface area contributed by atoms with Gasteiger partial charge in [0.15, 0.2) is 0 Å². The van der Waals surface area contributed by atoms with E-state index in [0.717, 1.165) is 31.0 Å². The molecule has 3 nitrogen and oxygen atoms in total. The average molecular weight is 165 g/mol. The zero-order valence-electron chi connectivity index (χ0n) is 6.71. The smallest absolute Gasteiger partial charge is 0.142 e. The summed E-state index contributed by atoms with van der Waals surface area (Å²) in [7, 11) is 0. The quantitative estimate of drug-likeness (QED) is 0.613. The van der Waals surface area contributed by atoms with Crippen LogP contribution in [0.4, 0.5) is 5.69 Å². The van der Waals surface area contributed by atoms with Gasteiger partial charge in [-0.2, -0.15) is 0 Å². The van der Waals surface area contributed by atoms with Crippen LogP contribution in [-0.4, -0.2) is 18.3 Å². The summed E-state index contributed by atoms with van der Waals surface area (Å²) in [6, 6.07) is 5.09. The molecule has 1 heterocycles. The summed E-state index contributed by atoms with van der Waals surface area (Å²) in [5.41, 5.74) is 0.882. The lowest BCUT2D eigenvalue weighted by Crippen LogP contribution is -1.99. The molecule has 2 rings (SSSR count). The Labute approximate surface area is 71.0 Å². The van der Waals surface area contributed by atoms with Crippen LogP contribution in [0.2, 0.25) is 0 Å². The number of phenolic OH excluding ortho intramolecular Hbond substituents is 1. The van der Waals surface area contributed by atoms with E-state index < -0.39 is 0 Å². The highest BCUT2D eigenvalue weighted by molar-refractivity contribution is 5.59. The second-order valence-electron chi connectivity index (χ2n) is 2.81.